The zero-order valence-corrected chi connectivity index (χ0v) is 9.43. The molecule has 0 radical (unpaired) electrons. The molecule has 4 nitrogen and oxygen atoms in total. The van der Waals surface area contributed by atoms with E-state index < -0.39 is 0 Å². The van der Waals surface area contributed by atoms with Crippen LogP contribution in [0.1, 0.15) is 11.1 Å². The summed E-state index contributed by atoms with van der Waals surface area (Å²) in [6.45, 7) is 1.01. The van der Waals surface area contributed by atoms with Crippen molar-refractivity contribution in [3.05, 3.63) is 29.5 Å². The lowest BCUT2D eigenvalue weighted by Gasteiger charge is -2.09. The van der Waals surface area contributed by atoms with Crippen molar-refractivity contribution in [2.75, 3.05) is 25.6 Å². The number of anilines is 1. The first kappa shape index (κ1) is 10.7. The standard InChI is InChI=1S/C12H14N2O2/c1-14-6-5-10-7-9(8-13-12(10)14)3-4-11(15)16-2/h3-4,7-8H,5-6H2,1-2H3/b4-3+. The van der Waals surface area contributed by atoms with Crippen molar-refractivity contribution >= 4 is 17.9 Å². The summed E-state index contributed by atoms with van der Waals surface area (Å²) in [6.07, 6.45) is 5.90. The maximum Gasteiger partial charge on any atom is 0.330 e. The smallest absolute Gasteiger partial charge is 0.330 e. The van der Waals surface area contributed by atoms with E-state index in [1.807, 2.05) is 7.05 Å². The summed E-state index contributed by atoms with van der Waals surface area (Å²) in [4.78, 5) is 17.4. The number of carbonyl (C=O) groups is 1. The number of ether oxygens (including phenoxy) is 1. The fraction of sp³-hybridized carbons (Fsp3) is 0.333. The minimum absolute atomic E-state index is 0.349. The summed E-state index contributed by atoms with van der Waals surface area (Å²) >= 11 is 0. The van der Waals surface area contributed by atoms with Gasteiger partial charge in [-0.1, -0.05) is 0 Å². The molecule has 1 aromatic rings. The molecule has 1 aliphatic heterocycles. The molecule has 0 saturated heterocycles. The van der Waals surface area contributed by atoms with Gasteiger partial charge >= 0.3 is 5.97 Å². The van der Waals surface area contributed by atoms with E-state index in [9.17, 15) is 4.79 Å². The van der Waals surface area contributed by atoms with E-state index in [0.717, 1.165) is 24.3 Å². The Hall–Kier alpha value is -1.84. The van der Waals surface area contributed by atoms with Gasteiger partial charge in [-0.2, -0.15) is 0 Å². The van der Waals surface area contributed by atoms with E-state index in [2.05, 4.69) is 20.7 Å². The molecule has 4 heteroatoms. The van der Waals surface area contributed by atoms with Gasteiger partial charge in [0.05, 0.1) is 7.11 Å². The second-order valence-corrected chi connectivity index (χ2v) is 3.78. The topological polar surface area (TPSA) is 42.4 Å². The number of hydrogen-bond acceptors (Lipinski definition) is 4. The van der Waals surface area contributed by atoms with Crippen molar-refractivity contribution in [3.63, 3.8) is 0 Å². The Labute approximate surface area is 94.5 Å². The monoisotopic (exact) mass is 218 g/mol. The summed E-state index contributed by atoms with van der Waals surface area (Å²) < 4.78 is 4.53. The number of hydrogen-bond donors (Lipinski definition) is 0. The number of pyridine rings is 1. The Balaban J connectivity index is 2.19. The van der Waals surface area contributed by atoms with Crippen LogP contribution in [0.2, 0.25) is 0 Å². The molecule has 84 valence electrons. The van der Waals surface area contributed by atoms with Gasteiger partial charge in [-0.15, -0.1) is 0 Å². The maximum atomic E-state index is 10.9. The summed E-state index contributed by atoms with van der Waals surface area (Å²) in [5, 5.41) is 0. The fourth-order valence-electron chi connectivity index (χ4n) is 1.77. The van der Waals surface area contributed by atoms with Gasteiger partial charge in [0, 0.05) is 25.9 Å². The molecule has 2 heterocycles. The van der Waals surface area contributed by atoms with Gasteiger partial charge in [0.2, 0.25) is 0 Å². The molecule has 0 unspecified atom stereocenters. The second kappa shape index (κ2) is 4.35. The van der Waals surface area contributed by atoms with Gasteiger partial charge in [0.15, 0.2) is 0 Å². The molecule has 1 aromatic heterocycles. The van der Waals surface area contributed by atoms with Crippen LogP contribution >= 0.6 is 0 Å². The molecule has 0 saturated carbocycles. The molecule has 0 aromatic carbocycles. The first-order chi connectivity index (χ1) is 7.70. The maximum absolute atomic E-state index is 10.9. The predicted octanol–water partition coefficient (Wildman–Crippen LogP) is 1.26. The largest absolute Gasteiger partial charge is 0.466 e. The summed E-state index contributed by atoms with van der Waals surface area (Å²) in [5.74, 6) is 0.688. The molecule has 0 amide bonds. The SMILES string of the molecule is COC(=O)/C=C/c1cnc2c(c1)CCN2C. The number of fused-ring (bicyclic) bond motifs is 1. The van der Waals surface area contributed by atoms with Crippen molar-refractivity contribution in [1.29, 1.82) is 0 Å². The molecule has 0 fully saturated rings. The molecule has 0 N–H and O–H groups in total. The Morgan fingerprint density at radius 3 is 3.19 bits per heavy atom. The van der Waals surface area contributed by atoms with Crippen molar-refractivity contribution in [3.8, 4) is 0 Å². The molecule has 0 spiro atoms. The van der Waals surface area contributed by atoms with Crippen molar-refractivity contribution in [2.45, 2.75) is 6.42 Å². The lowest BCUT2D eigenvalue weighted by Crippen LogP contribution is -2.13. The van der Waals surface area contributed by atoms with E-state index in [-0.39, 0.29) is 5.97 Å². The van der Waals surface area contributed by atoms with Crippen LogP contribution in [0.15, 0.2) is 18.3 Å². The van der Waals surface area contributed by atoms with Crippen LogP contribution in [0.4, 0.5) is 5.82 Å². The molecular weight excluding hydrogens is 204 g/mol. The minimum Gasteiger partial charge on any atom is -0.466 e. The molecular formula is C12H14N2O2. The van der Waals surface area contributed by atoms with Gasteiger partial charge in [0.25, 0.3) is 0 Å². The van der Waals surface area contributed by atoms with Crippen molar-refractivity contribution in [1.82, 2.24) is 4.98 Å². The summed E-state index contributed by atoms with van der Waals surface area (Å²) in [5.41, 5.74) is 2.16. The molecule has 1 aliphatic rings. The Morgan fingerprint density at radius 2 is 2.44 bits per heavy atom. The van der Waals surface area contributed by atoms with Crippen LogP contribution in [-0.4, -0.2) is 31.7 Å². The quantitative estimate of drug-likeness (QED) is 0.553. The Kier molecular flexibility index (Phi) is 2.90. The number of aromatic nitrogens is 1. The highest BCUT2D eigenvalue weighted by molar-refractivity contribution is 5.86. The molecule has 2 rings (SSSR count). The Morgan fingerprint density at radius 1 is 1.62 bits per heavy atom. The van der Waals surface area contributed by atoms with E-state index in [0.29, 0.717) is 0 Å². The van der Waals surface area contributed by atoms with E-state index in [1.165, 1.54) is 18.7 Å². The minimum atomic E-state index is -0.349. The van der Waals surface area contributed by atoms with E-state index in [1.54, 1.807) is 12.3 Å². The number of methoxy groups -OCH3 is 1. The predicted molar refractivity (Wildman–Crippen MR) is 62.3 cm³/mol. The molecule has 0 bridgehead atoms. The third kappa shape index (κ3) is 2.05. The first-order valence-electron chi connectivity index (χ1n) is 5.17. The van der Waals surface area contributed by atoms with Crippen LogP contribution in [0, 0.1) is 0 Å². The number of likely N-dealkylation sites (N-methyl/N-ethyl adjacent to an activating group) is 1. The van der Waals surface area contributed by atoms with Crippen LogP contribution in [-0.2, 0) is 16.0 Å². The zero-order chi connectivity index (χ0) is 11.5. The number of rotatable bonds is 2. The van der Waals surface area contributed by atoms with Gasteiger partial charge in [-0.25, -0.2) is 9.78 Å². The average Bonchev–Trinajstić information content (AvgIpc) is 2.67. The molecule has 0 aliphatic carbocycles. The summed E-state index contributed by atoms with van der Waals surface area (Å²) in [7, 11) is 3.39. The summed E-state index contributed by atoms with van der Waals surface area (Å²) in [6, 6.07) is 2.06. The van der Waals surface area contributed by atoms with Crippen LogP contribution in [0.25, 0.3) is 6.08 Å². The lowest BCUT2D eigenvalue weighted by atomic mass is 10.1. The van der Waals surface area contributed by atoms with E-state index >= 15 is 0 Å². The van der Waals surface area contributed by atoms with Gasteiger partial charge in [-0.3, -0.25) is 0 Å². The molecule has 0 atom stereocenters. The fourth-order valence-corrected chi connectivity index (χ4v) is 1.77. The number of carbonyl (C=O) groups excluding carboxylic acids is 1. The highest BCUT2D eigenvalue weighted by Crippen LogP contribution is 2.24. The third-order valence-corrected chi connectivity index (χ3v) is 2.66. The van der Waals surface area contributed by atoms with Gasteiger partial charge < -0.3 is 9.64 Å². The van der Waals surface area contributed by atoms with E-state index in [4.69, 9.17) is 0 Å². The lowest BCUT2D eigenvalue weighted by molar-refractivity contribution is -0.134. The third-order valence-electron chi connectivity index (χ3n) is 2.66. The van der Waals surface area contributed by atoms with Gasteiger partial charge in [-0.05, 0) is 29.7 Å². The number of nitrogens with zero attached hydrogens (tertiary/aromatic N) is 2. The van der Waals surface area contributed by atoms with Crippen LogP contribution < -0.4 is 4.90 Å². The van der Waals surface area contributed by atoms with Crippen molar-refractivity contribution in [2.24, 2.45) is 0 Å². The average molecular weight is 218 g/mol. The highest BCUT2D eigenvalue weighted by atomic mass is 16.5. The van der Waals surface area contributed by atoms with Gasteiger partial charge in [0.1, 0.15) is 5.82 Å². The normalized spacial score (nSPS) is 14.2. The van der Waals surface area contributed by atoms with Crippen LogP contribution in [0.3, 0.4) is 0 Å². The zero-order valence-electron chi connectivity index (χ0n) is 9.43. The van der Waals surface area contributed by atoms with Crippen molar-refractivity contribution < 1.29 is 9.53 Å². The Bertz CT molecular complexity index is 441. The highest BCUT2D eigenvalue weighted by Gasteiger charge is 2.16. The van der Waals surface area contributed by atoms with Crippen LogP contribution in [0.5, 0.6) is 0 Å². The second-order valence-electron chi connectivity index (χ2n) is 3.78. The molecule has 16 heavy (non-hydrogen) atoms. The first-order valence-corrected chi connectivity index (χ1v) is 5.17. The number of esters is 1.